The number of hydrogen-bond donors (Lipinski definition) is 2. The van der Waals surface area contributed by atoms with Crippen LogP contribution in [0.5, 0.6) is 0 Å². The van der Waals surface area contributed by atoms with Gasteiger partial charge >= 0.3 is 10.2 Å². The second-order valence-corrected chi connectivity index (χ2v) is 6.43. The number of amides is 2. The topological polar surface area (TPSA) is 109 Å². The maximum absolute atomic E-state index is 12.7. The van der Waals surface area contributed by atoms with Gasteiger partial charge in [-0.15, -0.1) is 3.89 Å². The molecule has 7 nitrogen and oxygen atoms in total. The first kappa shape index (κ1) is 18.8. The molecule has 0 aromatic heterocycles. The van der Waals surface area contributed by atoms with Gasteiger partial charge in [0.25, 0.3) is 5.91 Å². The summed E-state index contributed by atoms with van der Waals surface area (Å²) in [5.74, 6) is -1.21. The minimum atomic E-state index is -4.82. The van der Waals surface area contributed by atoms with Crippen LogP contribution in [0.15, 0.2) is 29.2 Å². The lowest BCUT2D eigenvalue weighted by Crippen LogP contribution is -2.46. The van der Waals surface area contributed by atoms with Gasteiger partial charge < -0.3 is 15.4 Å². The third kappa shape index (κ3) is 5.78. The molecule has 1 aromatic rings. The molecule has 0 saturated carbocycles. The molecule has 2 amide bonds. The van der Waals surface area contributed by atoms with Crippen molar-refractivity contribution in [3.63, 3.8) is 0 Å². The lowest BCUT2D eigenvalue weighted by Gasteiger charge is -2.15. The largest absolute Gasteiger partial charge is 0.350 e. The summed E-state index contributed by atoms with van der Waals surface area (Å²) >= 11 is 0. The summed E-state index contributed by atoms with van der Waals surface area (Å²) < 4.78 is 34.1. The Labute approximate surface area is 133 Å². The fourth-order valence-corrected chi connectivity index (χ4v) is 2.02. The highest BCUT2D eigenvalue weighted by molar-refractivity contribution is 7.86. The molecule has 0 aliphatic heterocycles. The van der Waals surface area contributed by atoms with Crippen LogP contribution in [-0.4, -0.2) is 39.1 Å². The second kappa shape index (κ2) is 7.82. The van der Waals surface area contributed by atoms with Crippen molar-refractivity contribution < 1.29 is 26.7 Å². The molecule has 23 heavy (non-hydrogen) atoms. The molecule has 0 aliphatic carbocycles. The van der Waals surface area contributed by atoms with Crippen LogP contribution in [0.2, 0.25) is 0 Å². The number of aldehydes is 1. The molecule has 0 saturated heterocycles. The van der Waals surface area contributed by atoms with Gasteiger partial charge in [-0.05, 0) is 24.3 Å². The maximum Gasteiger partial charge on any atom is 0.332 e. The van der Waals surface area contributed by atoms with Crippen LogP contribution < -0.4 is 10.6 Å². The lowest BCUT2D eigenvalue weighted by atomic mass is 10.2. The van der Waals surface area contributed by atoms with E-state index in [1.807, 2.05) is 0 Å². The Morgan fingerprint density at radius 2 is 1.78 bits per heavy atom. The minimum absolute atomic E-state index is 0.0947. The molecule has 126 valence electrons. The van der Waals surface area contributed by atoms with Gasteiger partial charge in [0.05, 0.1) is 4.90 Å². The molecular formula is C14H17FN2O5S. The summed E-state index contributed by atoms with van der Waals surface area (Å²) in [6.45, 7) is 3.20. The standard InChI is InChI=1S/C14H17FN2O5S/c1-9(2)13(19)17-11(8-18)7-16-14(20)10-3-5-12(6-4-10)23(15,21)22/h3-6,8-9,11H,7H2,1-2H3,(H,16,20)(H,17,19). The van der Waals surface area contributed by atoms with Gasteiger partial charge in [-0.25, -0.2) is 0 Å². The zero-order chi connectivity index (χ0) is 17.6. The smallest absolute Gasteiger partial charge is 0.332 e. The van der Waals surface area contributed by atoms with Gasteiger partial charge in [-0.2, -0.15) is 8.42 Å². The number of rotatable bonds is 7. The average Bonchev–Trinajstić information content (AvgIpc) is 2.49. The van der Waals surface area contributed by atoms with Gasteiger partial charge in [-0.3, -0.25) is 9.59 Å². The van der Waals surface area contributed by atoms with E-state index < -0.39 is 27.1 Å². The maximum atomic E-state index is 12.7. The predicted octanol–water partition coefficient (Wildman–Crippen LogP) is 0.414. The second-order valence-electron chi connectivity index (χ2n) is 5.08. The molecule has 0 spiro atoms. The number of nitrogens with one attached hydrogen (secondary N) is 2. The number of carbonyl (C=O) groups is 3. The van der Waals surface area contributed by atoms with Crippen molar-refractivity contribution in [3.05, 3.63) is 29.8 Å². The van der Waals surface area contributed by atoms with E-state index in [1.165, 1.54) is 0 Å². The van der Waals surface area contributed by atoms with E-state index in [4.69, 9.17) is 0 Å². The molecule has 2 N–H and O–H groups in total. The molecule has 9 heteroatoms. The molecule has 0 aliphatic rings. The van der Waals surface area contributed by atoms with E-state index in [9.17, 15) is 26.7 Å². The summed E-state index contributed by atoms with van der Waals surface area (Å²) in [7, 11) is -4.82. The molecule has 0 heterocycles. The normalized spacial score (nSPS) is 12.5. The highest BCUT2D eigenvalue weighted by Crippen LogP contribution is 2.12. The molecule has 1 unspecified atom stereocenters. The number of carbonyl (C=O) groups excluding carboxylic acids is 3. The molecule has 0 bridgehead atoms. The average molecular weight is 344 g/mol. The number of hydrogen-bond acceptors (Lipinski definition) is 5. The van der Waals surface area contributed by atoms with Gasteiger partial charge in [0.2, 0.25) is 5.91 Å². The third-order valence-corrected chi connectivity index (χ3v) is 3.73. The molecular weight excluding hydrogens is 327 g/mol. The lowest BCUT2D eigenvalue weighted by molar-refractivity contribution is -0.126. The van der Waals surface area contributed by atoms with Crippen molar-refractivity contribution >= 4 is 28.3 Å². The Morgan fingerprint density at radius 1 is 1.22 bits per heavy atom. The Kier molecular flexibility index (Phi) is 6.38. The van der Waals surface area contributed by atoms with Crippen LogP contribution in [-0.2, 0) is 19.8 Å². The highest BCUT2D eigenvalue weighted by atomic mass is 32.3. The first-order valence-electron chi connectivity index (χ1n) is 6.73. The predicted molar refractivity (Wildman–Crippen MR) is 79.9 cm³/mol. The quantitative estimate of drug-likeness (QED) is 0.550. The Morgan fingerprint density at radius 3 is 2.22 bits per heavy atom. The first-order valence-corrected chi connectivity index (χ1v) is 8.12. The van der Waals surface area contributed by atoms with Gasteiger partial charge in [0.1, 0.15) is 12.3 Å². The van der Waals surface area contributed by atoms with Crippen LogP contribution in [0.4, 0.5) is 3.89 Å². The Bertz CT molecular complexity index is 686. The number of benzene rings is 1. The van der Waals surface area contributed by atoms with Crippen LogP contribution in [0.1, 0.15) is 24.2 Å². The van der Waals surface area contributed by atoms with E-state index in [0.29, 0.717) is 6.29 Å². The van der Waals surface area contributed by atoms with Gasteiger partial charge in [-0.1, -0.05) is 13.8 Å². The zero-order valence-electron chi connectivity index (χ0n) is 12.6. The fraction of sp³-hybridized carbons (Fsp3) is 0.357. The third-order valence-electron chi connectivity index (χ3n) is 2.90. The van der Waals surface area contributed by atoms with Crippen molar-refractivity contribution in [2.75, 3.05) is 6.54 Å². The fourth-order valence-electron chi connectivity index (χ4n) is 1.56. The van der Waals surface area contributed by atoms with Crippen LogP contribution >= 0.6 is 0 Å². The van der Waals surface area contributed by atoms with Crippen LogP contribution in [0, 0.1) is 5.92 Å². The Balaban J connectivity index is 2.65. The minimum Gasteiger partial charge on any atom is -0.350 e. The van der Waals surface area contributed by atoms with Crippen molar-refractivity contribution in [2.45, 2.75) is 24.8 Å². The van der Waals surface area contributed by atoms with E-state index >= 15 is 0 Å². The summed E-state index contributed by atoms with van der Waals surface area (Å²) in [6.07, 6.45) is 0.499. The summed E-state index contributed by atoms with van der Waals surface area (Å²) in [6, 6.07) is 3.33. The van der Waals surface area contributed by atoms with Crippen LogP contribution in [0.3, 0.4) is 0 Å². The van der Waals surface area contributed by atoms with E-state index in [-0.39, 0.29) is 23.9 Å². The molecule has 1 rings (SSSR count). The van der Waals surface area contributed by atoms with Crippen molar-refractivity contribution in [1.29, 1.82) is 0 Å². The first-order chi connectivity index (χ1) is 10.6. The van der Waals surface area contributed by atoms with E-state index in [2.05, 4.69) is 10.6 Å². The van der Waals surface area contributed by atoms with Gasteiger partial charge in [0, 0.05) is 18.0 Å². The summed E-state index contributed by atoms with van der Waals surface area (Å²) in [4.78, 5) is 33.7. The van der Waals surface area contributed by atoms with E-state index in [0.717, 1.165) is 24.3 Å². The van der Waals surface area contributed by atoms with Crippen molar-refractivity contribution in [1.82, 2.24) is 10.6 Å². The zero-order valence-corrected chi connectivity index (χ0v) is 13.4. The highest BCUT2D eigenvalue weighted by Gasteiger charge is 2.16. The molecule has 1 atom stereocenters. The SMILES string of the molecule is CC(C)C(=O)NC(C=O)CNC(=O)c1ccc(S(=O)(=O)F)cc1. The van der Waals surface area contributed by atoms with Crippen LogP contribution in [0.25, 0.3) is 0 Å². The van der Waals surface area contributed by atoms with Gasteiger partial charge in [0.15, 0.2) is 0 Å². The molecule has 0 fully saturated rings. The summed E-state index contributed by atoms with van der Waals surface area (Å²) in [5, 5.41) is 4.88. The molecule has 1 aromatic carbocycles. The van der Waals surface area contributed by atoms with Crippen molar-refractivity contribution in [3.8, 4) is 0 Å². The van der Waals surface area contributed by atoms with Crippen molar-refractivity contribution in [2.24, 2.45) is 5.92 Å². The summed E-state index contributed by atoms with van der Waals surface area (Å²) in [5.41, 5.74) is 0.0947. The molecule has 0 radical (unpaired) electrons. The van der Waals surface area contributed by atoms with E-state index in [1.54, 1.807) is 13.8 Å². The monoisotopic (exact) mass is 344 g/mol. The Hall–Kier alpha value is -2.29. The number of halogens is 1.